The summed E-state index contributed by atoms with van der Waals surface area (Å²) in [4.78, 5) is 23.8. The lowest BCUT2D eigenvalue weighted by Gasteiger charge is -2.14. The van der Waals surface area contributed by atoms with E-state index in [0.717, 1.165) is 16.7 Å². The number of allylic oxidation sites excluding steroid dienone is 2. The molecule has 0 bridgehead atoms. The fourth-order valence-corrected chi connectivity index (χ4v) is 3.42. The lowest BCUT2D eigenvalue weighted by atomic mass is 10.1. The molecule has 0 saturated heterocycles. The van der Waals surface area contributed by atoms with E-state index in [-0.39, 0.29) is 29.3 Å². The standard InChI is InChI=1S/C20H24O4/c1-7-8-14-12(2)11-16(13(14)3)24-19(22)18-15(20(18,4)5)9-10-17(21)23-6/h1,9-10,15-16,18H,2,8,11H2,3-6H3/b10-9-. The van der Waals surface area contributed by atoms with Crippen molar-refractivity contribution in [1.82, 2.24) is 0 Å². The van der Waals surface area contributed by atoms with E-state index in [9.17, 15) is 9.59 Å². The Kier molecular flexibility index (Phi) is 5.03. The van der Waals surface area contributed by atoms with Crippen LogP contribution in [0.1, 0.15) is 33.6 Å². The van der Waals surface area contributed by atoms with Gasteiger partial charge in [-0.15, -0.1) is 12.3 Å². The highest BCUT2D eigenvalue weighted by atomic mass is 16.5. The van der Waals surface area contributed by atoms with Gasteiger partial charge in [-0.1, -0.05) is 26.5 Å². The van der Waals surface area contributed by atoms with Crippen LogP contribution in [-0.4, -0.2) is 25.2 Å². The second-order valence-corrected chi connectivity index (χ2v) is 6.98. The summed E-state index contributed by atoms with van der Waals surface area (Å²) in [6, 6.07) is 0. The molecule has 0 radical (unpaired) electrons. The maximum Gasteiger partial charge on any atom is 0.330 e. The zero-order valence-corrected chi connectivity index (χ0v) is 14.7. The third kappa shape index (κ3) is 3.31. The molecule has 0 aliphatic heterocycles. The van der Waals surface area contributed by atoms with Crippen molar-refractivity contribution in [2.24, 2.45) is 17.3 Å². The van der Waals surface area contributed by atoms with Crippen LogP contribution in [0.4, 0.5) is 0 Å². The van der Waals surface area contributed by atoms with Crippen LogP contribution in [0, 0.1) is 29.6 Å². The second-order valence-electron chi connectivity index (χ2n) is 6.98. The van der Waals surface area contributed by atoms with Crippen LogP contribution in [0.15, 0.2) is 35.5 Å². The summed E-state index contributed by atoms with van der Waals surface area (Å²) in [6.07, 6.45) is 9.32. The molecule has 0 N–H and O–H groups in total. The van der Waals surface area contributed by atoms with E-state index in [0.29, 0.717) is 12.8 Å². The number of methoxy groups -OCH3 is 1. The number of esters is 2. The van der Waals surface area contributed by atoms with Gasteiger partial charge < -0.3 is 9.47 Å². The summed E-state index contributed by atoms with van der Waals surface area (Å²) in [5.41, 5.74) is 2.73. The Bertz CT molecular complexity index is 672. The molecule has 0 heterocycles. The van der Waals surface area contributed by atoms with Crippen molar-refractivity contribution >= 4 is 11.9 Å². The molecule has 2 rings (SSSR count). The number of carbonyl (C=O) groups is 2. The van der Waals surface area contributed by atoms with Crippen molar-refractivity contribution in [3.05, 3.63) is 35.5 Å². The molecule has 0 aromatic carbocycles. The molecule has 3 atom stereocenters. The normalized spacial score (nSPS) is 28.0. The Labute approximate surface area is 143 Å². The molecule has 128 valence electrons. The number of carbonyl (C=O) groups excluding carboxylic acids is 2. The molecular formula is C20H24O4. The smallest absolute Gasteiger partial charge is 0.330 e. The van der Waals surface area contributed by atoms with Gasteiger partial charge in [-0.2, -0.15) is 0 Å². The summed E-state index contributed by atoms with van der Waals surface area (Å²) in [5, 5.41) is 0. The minimum absolute atomic E-state index is 0.0248. The molecule has 4 nitrogen and oxygen atoms in total. The number of ether oxygens (including phenoxy) is 2. The summed E-state index contributed by atoms with van der Waals surface area (Å²) in [5.74, 6) is 1.68. The Hall–Kier alpha value is -2.28. The van der Waals surface area contributed by atoms with Crippen LogP contribution < -0.4 is 0 Å². The average molecular weight is 328 g/mol. The zero-order valence-electron chi connectivity index (χ0n) is 14.7. The molecule has 2 aliphatic rings. The molecule has 0 aromatic rings. The molecule has 24 heavy (non-hydrogen) atoms. The minimum atomic E-state index is -0.422. The molecule has 1 fully saturated rings. The lowest BCUT2D eigenvalue weighted by Crippen LogP contribution is -2.20. The van der Waals surface area contributed by atoms with E-state index in [1.807, 2.05) is 20.8 Å². The monoisotopic (exact) mass is 328 g/mol. The first-order valence-electron chi connectivity index (χ1n) is 8.01. The minimum Gasteiger partial charge on any atom is -0.466 e. The predicted molar refractivity (Wildman–Crippen MR) is 91.7 cm³/mol. The largest absolute Gasteiger partial charge is 0.466 e. The Morgan fingerprint density at radius 3 is 2.71 bits per heavy atom. The maximum absolute atomic E-state index is 12.6. The summed E-state index contributed by atoms with van der Waals surface area (Å²) in [6.45, 7) is 9.94. The van der Waals surface area contributed by atoms with Gasteiger partial charge in [0.05, 0.1) is 13.0 Å². The average Bonchev–Trinajstić information content (AvgIpc) is 2.99. The van der Waals surface area contributed by atoms with E-state index < -0.39 is 5.97 Å². The number of rotatable bonds is 5. The Morgan fingerprint density at radius 2 is 2.12 bits per heavy atom. The van der Waals surface area contributed by atoms with Crippen molar-refractivity contribution in [3.8, 4) is 12.3 Å². The molecule has 2 aliphatic carbocycles. The van der Waals surface area contributed by atoms with Crippen LogP contribution in [0.5, 0.6) is 0 Å². The topological polar surface area (TPSA) is 52.6 Å². The van der Waals surface area contributed by atoms with Gasteiger partial charge in [-0.3, -0.25) is 4.79 Å². The SMILES string of the molecule is C#CCC1=C(C)C(OC(=O)C2C(/C=C\C(=O)OC)C2(C)C)CC1=C. The summed E-state index contributed by atoms with van der Waals surface area (Å²) in [7, 11) is 1.33. The highest BCUT2D eigenvalue weighted by Crippen LogP contribution is 2.59. The van der Waals surface area contributed by atoms with Gasteiger partial charge in [-0.25, -0.2) is 4.79 Å². The first-order chi connectivity index (χ1) is 11.2. The third-order valence-electron chi connectivity index (χ3n) is 5.16. The fraction of sp³-hybridized carbons (Fsp3) is 0.500. The Balaban J connectivity index is 2.04. The van der Waals surface area contributed by atoms with Crippen LogP contribution in [-0.2, 0) is 19.1 Å². The van der Waals surface area contributed by atoms with Crippen molar-refractivity contribution in [1.29, 1.82) is 0 Å². The molecule has 0 spiro atoms. The molecule has 3 unspecified atom stereocenters. The zero-order chi connectivity index (χ0) is 18.1. The van der Waals surface area contributed by atoms with Crippen molar-refractivity contribution in [2.45, 2.75) is 39.7 Å². The van der Waals surface area contributed by atoms with Gasteiger partial charge in [0.15, 0.2) is 0 Å². The van der Waals surface area contributed by atoms with E-state index in [1.165, 1.54) is 13.2 Å². The molecule has 4 heteroatoms. The van der Waals surface area contributed by atoms with Gasteiger partial charge in [0, 0.05) is 18.9 Å². The van der Waals surface area contributed by atoms with Gasteiger partial charge >= 0.3 is 11.9 Å². The summed E-state index contributed by atoms with van der Waals surface area (Å²) < 4.78 is 10.3. The van der Waals surface area contributed by atoms with Crippen LogP contribution in [0.2, 0.25) is 0 Å². The van der Waals surface area contributed by atoms with Crippen molar-refractivity contribution in [2.75, 3.05) is 7.11 Å². The highest BCUT2D eigenvalue weighted by molar-refractivity contribution is 5.83. The van der Waals surface area contributed by atoms with Crippen molar-refractivity contribution < 1.29 is 19.1 Å². The Morgan fingerprint density at radius 1 is 1.46 bits per heavy atom. The first-order valence-corrected chi connectivity index (χ1v) is 8.01. The van der Waals surface area contributed by atoms with E-state index in [2.05, 4.69) is 17.2 Å². The maximum atomic E-state index is 12.6. The summed E-state index contributed by atoms with van der Waals surface area (Å²) >= 11 is 0. The quantitative estimate of drug-likeness (QED) is 0.442. The number of hydrogen-bond acceptors (Lipinski definition) is 4. The number of hydrogen-bond donors (Lipinski definition) is 0. The van der Waals surface area contributed by atoms with Gasteiger partial charge in [0.25, 0.3) is 0 Å². The van der Waals surface area contributed by atoms with Crippen LogP contribution in [0.25, 0.3) is 0 Å². The molecule has 1 saturated carbocycles. The van der Waals surface area contributed by atoms with Gasteiger partial charge in [0.2, 0.25) is 0 Å². The third-order valence-corrected chi connectivity index (χ3v) is 5.16. The van der Waals surface area contributed by atoms with Crippen molar-refractivity contribution in [3.63, 3.8) is 0 Å². The van der Waals surface area contributed by atoms with E-state index in [1.54, 1.807) is 6.08 Å². The molecular weight excluding hydrogens is 304 g/mol. The van der Waals surface area contributed by atoms with Gasteiger partial charge in [-0.05, 0) is 35.0 Å². The second kappa shape index (κ2) is 6.68. The first kappa shape index (κ1) is 18.1. The highest BCUT2D eigenvalue weighted by Gasteiger charge is 2.61. The fourth-order valence-electron chi connectivity index (χ4n) is 3.42. The predicted octanol–water partition coefficient (Wildman–Crippen LogP) is 3.20. The molecule has 0 amide bonds. The lowest BCUT2D eigenvalue weighted by molar-refractivity contribution is -0.149. The van der Waals surface area contributed by atoms with E-state index in [4.69, 9.17) is 11.2 Å². The number of terminal acetylenes is 1. The van der Waals surface area contributed by atoms with Crippen LogP contribution in [0.3, 0.4) is 0 Å². The van der Waals surface area contributed by atoms with Gasteiger partial charge in [0.1, 0.15) is 6.10 Å². The van der Waals surface area contributed by atoms with Crippen LogP contribution >= 0.6 is 0 Å². The van der Waals surface area contributed by atoms with E-state index >= 15 is 0 Å². The molecule has 0 aromatic heterocycles.